The number of aliphatic hydroxyl groups is 1. The van der Waals surface area contributed by atoms with Crippen LogP contribution in [-0.2, 0) is 9.59 Å². The van der Waals surface area contributed by atoms with Gasteiger partial charge in [-0.25, -0.2) is 0 Å². The van der Waals surface area contributed by atoms with Gasteiger partial charge in [-0.15, -0.1) is 0 Å². The second-order valence-electron chi connectivity index (χ2n) is 4.86. The highest BCUT2D eigenvalue weighted by Crippen LogP contribution is 2.18. The molecular weight excluding hydrogens is 324 g/mol. The first-order valence-electron chi connectivity index (χ1n) is 6.46. The van der Waals surface area contributed by atoms with Gasteiger partial charge in [0.1, 0.15) is 0 Å². The van der Waals surface area contributed by atoms with Crippen LogP contribution in [0, 0.1) is 0 Å². The van der Waals surface area contributed by atoms with Crippen molar-refractivity contribution in [3.63, 3.8) is 0 Å². The van der Waals surface area contributed by atoms with Crippen LogP contribution in [0.4, 0.5) is 0 Å². The summed E-state index contributed by atoms with van der Waals surface area (Å²) in [4.78, 5) is 24.4. The summed E-state index contributed by atoms with van der Waals surface area (Å²) >= 11 is 3.35. The summed E-state index contributed by atoms with van der Waals surface area (Å²) in [5.41, 5.74) is 0.777. The van der Waals surface area contributed by atoms with Gasteiger partial charge in [0.15, 0.2) is 0 Å². The number of piperidine rings is 1. The smallest absolute Gasteiger partial charge is 0.246 e. The zero-order valence-electron chi connectivity index (χ0n) is 11.2. The fourth-order valence-corrected chi connectivity index (χ4v) is 2.61. The van der Waals surface area contributed by atoms with Crippen molar-refractivity contribution in [2.75, 3.05) is 13.6 Å². The number of carbonyl (C=O) groups excluding carboxylic acids is 2. The van der Waals surface area contributed by atoms with Crippen molar-refractivity contribution in [3.8, 4) is 0 Å². The monoisotopic (exact) mass is 340 g/mol. The lowest BCUT2D eigenvalue weighted by Gasteiger charge is -2.29. The maximum atomic E-state index is 11.9. The van der Waals surface area contributed by atoms with E-state index in [2.05, 4.69) is 21.2 Å². The van der Waals surface area contributed by atoms with E-state index in [-0.39, 0.29) is 18.4 Å². The van der Waals surface area contributed by atoms with E-state index in [0.717, 1.165) is 14.9 Å². The summed E-state index contributed by atoms with van der Waals surface area (Å²) in [6.45, 7) is 0.273. The number of halogens is 1. The molecule has 108 valence electrons. The van der Waals surface area contributed by atoms with Gasteiger partial charge in [0.2, 0.25) is 11.8 Å². The Labute approximate surface area is 126 Å². The number of likely N-dealkylation sites (N-methyl/N-ethyl adjacent to an activating group) is 1. The van der Waals surface area contributed by atoms with Crippen molar-refractivity contribution in [2.45, 2.75) is 25.0 Å². The highest BCUT2D eigenvalue weighted by atomic mass is 79.9. The predicted octanol–water partition coefficient (Wildman–Crippen LogP) is 1.22. The van der Waals surface area contributed by atoms with Crippen molar-refractivity contribution in [2.24, 2.45) is 0 Å². The number of nitrogens with zero attached hydrogens (tertiary/aromatic N) is 1. The molecule has 5 nitrogen and oxygen atoms in total. The number of rotatable bonds is 4. The molecule has 2 amide bonds. The van der Waals surface area contributed by atoms with Gasteiger partial charge in [-0.05, 0) is 24.1 Å². The SMILES string of the molecule is CN1C(=O)CCC(NCC(O)c2cccc(Br)c2)C1=O. The highest BCUT2D eigenvalue weighted by molar-refractivity contribution is 9.10. The van der Waals surface area contributed by atoms with Crippen molar-refractivity contribution in [1.29, 1.82) is 0 Å². The summed E-state index contributed by atoms with van der Waals surface area (Å²) in [5.74, 6) is -0.386. The molecule has 0 saturated carbocycles. The van der Waals surface area contributed by atoms with Gasteiger partial charge in [-0.3, -0.25) is 14.5 Å². The van der Waals surface area contributed by atoms with Gasteiger partial charge in [0, 0.05) is 24.5 Å². The van der Waals surface area contributed by atoms with E-state index < -0.39 is 12.1 Å². The number of imide groups is 1. The number of aliphatic hydroxyl groups excluding tert-OH is 1. The fraction of sp³-hybridized carbons (Fsp3) is 0.429. The molecule has 1 aromatic carbocycles. The molecule has 1 heterocycles. The molecule has 20 heavy (non-hydrogen) atoms. The molecule has 0 bridgehead atoms. The Bertz CT molecular complexity index is 521. The standard InChI is InChI=1S/C14H17BrN2O3/c1-17-13(19)6-5-11(14(17)20)16-8-12(18)9-3-2-4-10(15)7-9/h2-4,7,11-12,16,18H,5-6,8H2,1H3. The van der Waals surface area contributed by atoms with Crippen LogP contribution < -0.4 is 5.32 Å². The number of hydrogen-bond acceptors (Lipinski definition) is 4. The molecule has 0 aromatic heterocycles. The Hall–Kier alpha value is -1.24. The maximum absolute atomic E-state index is 11.9. The molecule has 6 heteroatoms. The second kappa shape index (κ2) is 6.47. The van der Waals surface area contributed by atoms with Gasteiger partial charge < -0.3 is 10.4 Å². The average molecular weight is 341 g/mol. The van der Waals surface area contributed by atoms with Crippen LogP contribution in [0.2, 0.25) is 0 Å². The van der Waals surface area contributed by atoms with Crippen LogP contribution in [0.3, 0.4) is 0 Å². The average Bonchev–Trinajstić information content (AvgIpc) is 2.44. The molecule has 0 aliphatic carbocycles. The molecule has 0 radical (unpaired) electrons. The largest absolute Gasteiger partial charge is 0.387 e. The van der Waals surface area contributed by atoms with E-state index in [1.807, 2.05) is 24.3 Å². The third-order valence-corrected chi connectivity index (χ3v) is 3.93. The number of amides is 2. The van der Waals surface area contributed by atoms with Crippen LogP contribution in [-0.4, -0.2) is 41.5 Å². The minimum absolute atomic E-state index is 0.152. The minimum Gasteiger partial charge on any atom is -0.387 e. The molecule has 0 spiro atoms. The minimum atomic E-state index is -0.691. The Morgan fingerprint density at radius 2 is 2.25 bits per heavy atom. The summed E-state index contributed by atoms with van der Waals surface area (Å²) in [7, 11) is 1.49. The van der Waals surface area contributed by atoms with Crippen molar-refractivity contribution >= 4 is 27.7 Å². The summed E-state index contributed by atoms with van der Waals surface area (Å²) in [5, 5.41) is 13.1. The second-order valence-corrected chi connectivity index (χ2v) is 5.78. The lowest BCUT2D eigenvalue weighted by molar-refractivity contribution is -0.148. The van der Waals surface area contributed by atoms with Crippen LogP contribution in [0.25, 0.3) is 0 Å². The van der Waals surface area contributed by atoms with Gasteiger partial charge in [0.05, 0.1) is 12.1 Å². The summed E-state index contributed by atoms with van der Waals surface area (Å²) in [6, 6.07) is 7.00. The molecule has 1 aliphatic rings. The first kappa shape index (κ1) is 15.2. The van der Waals surface area contributed by atoms with E-state index >= 15 is 0 Å². The van der Waals surface area contributed by atoms with Crippen molar-refractivity contribution in [3.05, 3.63) is 34.3 Å². The third kappa shape index (κ3) is 3.45. The van der Waals surface area contributed by atoms with Crippen LogP contribution >= 0.6 is 15.9 Å². The highest BCUT2D eigenvalue weighted by Gasteiger charge is 2.31. The van der Waals surface area contributed by atoms with Crippen LogP contribution in [0.15, 0.2) is 28.7 Å². The van der Waals surface area contributed by atoms with E-state index in [1.165, 1.54) is 7.05 Å². The lowest BCUT2D eigenvalue weighted by atomic mass is 10.0. The first-order chi connectivity index (χ1) is 9.49. The van der Waals surface area contributed by atoms with E-state index in [1.54, 1.807) is 0 Å². The molecule has 1 aromatic rings. The Balaban J connectivity index is 1.92. The quantitative estimate of drug-likeness (QED) is 0.808. The van der Waals surface area contributed by atoms with E-state index in [4.69, 9.17) is 0 Å². The van der Waals surface area contributed by atoms with E-state index in [9.17, 15) is 14.7 Å². The fourth-order valence-electron chi connectivity index (χ4n) is 2.19. The predicted molar refractivity (Wildman–Crippen MR) is 77.9 cm³/mol. The Morgan fingerprint density at radius 3 is 2.95 bits per heavy atom. The molecule has 2 unspecified atom stereocenters. The molecular formula is C14H17BrN2O3. The summed E-state index contributed by atoms with van der Waals surface area (Å²) in [6.07, 6.45) is 0.142. The third-order valence-electron chi connectivity index (χ3n) is 3.44. The molecule has 1 aliphatic heterocycles. The zero-order chi connectivity index (χ0) is 14.7. The van der Waals surface area contributed by atoms with Gasteiger partial charge >= 0.3 is 0 Å². The van der Waals surface area contributed by atoms with Crippen molar-refractivity contribution in [1.82, 2.24) is 10.2 Å². The zero-order valence-corrected chi connectivity index (χ0v) is 12.8. The topological polar surface area (TPSA) is 69.6 Å². The number of hydrogen-bond donors (Lipinski definition) is 2. The van der Waals surface area contributed by atoms with Crippen LogP contribution in [0.1, 0.15) is 24.5 Å². The van der Waals surface area contributed by atoms with Gasteiger partial charge in [-0.2, -0.15) is 0 Å². The van der Waals surface area contributed by atoms with Crippen molar-refractivity contribution < 1.29 is 14.7 Å². The number of benzene rings is 1. The van der Waals surface area contributed by atoms with E-state index in [0.29, 0.717) is 12.8 Å². The van der Waals surface area contributed by atoms with Gasteiger partial charge in [0.25, 0.3) is 0 Å². The van der Waals surface area contributed by atoms with Crippen LogP contribution in [0.5, 0.6) is 0 Å². The Morgan fingerprint density at radius 1 is 1.50 bits per heavy atom. The number of likely N-dealkylation sites (tertiary alicyclic amines) is 1. The number of nitrogens with one attached hydrogen (secondary N) is 1. The molecule has 2 N–H and O–H groups in total. The normalized spacial score (nSPS) is 21.1. The van der Waals surface area contributed by atoms with Gasteiger partial charge in [-0.1, -0.05) is 28.1 Å². The lowest BCUT2D eigenvalue weighted by Crippen LogP contribution is -2.52. The summed E-state index contributed by atoms with van der Waals surface area (Å²) < 4.78 is 0.896. The molecule has 1 saturated heterocycles. The Kier molecular flexibility index (Phi) is 4.91. The molecule has 1 fully saturated rings. The molecule has 2 atom stereocenters. The first-order valence-corrected chi connectivity index (χ1v) is 7.25. The molecule has 2 rings (SSSR count). The number of carbonyl (C=O) groups is 2. The maximum Gasteiger partial charge on any atom is 0.246 e.